The lowest BCUT2D eigenvalue weighted by atomic mass is 10.1. The number of amides is 1. The van der Waals surface area contributed by atoms with Crippen molar-refractivity contribution in [2.75, 3.05) is 11.4 Å². The van der Waals surface area contributed by atoms with Crippen molar-refractivity contribution in [3.05, 3.63) is 48.3 Å². The summed E-state index contributed by atoms with van der Waals surface area (Å²) in [6.45, 7) is 0.773. The fourth-order valence-corrected chi connectivity index (χ4v) is 4.46. The average molecular weight is 426 g/mol. The van der Waals surface area contributed by atoms with Gasteiger partial charge >= 0.3 is 6.09 Å². The number of pyridine rings is 1. The van der Waals surface area contributed by atoms with Crippen molar-refractivity contribution in [1.82, 2.24) is 24.9 Å². The zero-order valence-electron chi connectivity index (χ0n) is 16.8. The number of hydrogen-bond donors (Lipinski definition) is 2. The van der Waals surface area contributed by atoms with E-state index in [4.69, 9.17) is 4.74 Å². The summed E-state index contributed by atoms with van der Waals surface area (Å²) in [4.78, 5) is 23.1. The molecule has 0 bridgehead atoms. The molecule has 1 aliphatic carbocycles. The Kier molecular flexibility index (Phi) is 5.14. The summed E-state index contributed by atoms with van der Waals surface area (Å²) in [5.41, 5.74) is 1.21. The van der Waals surface area contributed by atoms with E-state index in [0.717, 1.165) is 37.8 Å². The molecular formula is C21H23FN6O3. The smallest absolute Gasteiger partial charge is 0.405 e. The van der Waals surface area contributed by atoms with Crippen molar-refractivity contribution in [2.45, 2.75) is 50.3 Å². The quantitative estimate of drug-likeness (QED) is 0.661. The molecule has 3 atom stereocenters. The summed E-state index contributed by atoms with van der Waals surface area (Å²) in [5, 5.41) is 16.8. The second kappa shape index (κ2) is 8.10. The SMILES string of the molecule is O=C(N[C@H]1CCC[C@@H]1O)Oc1cnn2ccc(N3CCC[C@@H]3c3cncc(F)c3)nc12. The normalized spacial score (nSPS) is 23.4. The second-order valence-electron chi connectivity index (χ2n) is 7.99. The van der Waals surface area contributed by atoms with E-state index in [2.05, 4.69) is 25.3 Å². The molecule has 1 saturated carbocycles. The lowest BCUT2D eigenvalue weighted by Crippen LogP contribution is -2.41. The summed E-state index contributed by atoms with van der Waals surface area (Å²) < 4.78 is 20.7. The van der Waals surface area contributed by atoms with Crippen molar-refractivity contribution >= 4 is 17.6 Å². The largest absolute Gasteiger partial charge is 0.413 e. The molecule has 0 spiro atoms. The van der Waals surface area contributed by atoms with Crippen molar-refractivity contribution < 1.29 is 19.0 Å². The van der Waals surface area contributed by atoms with E-state index < -0.39 is 12.2 Å². The number of ether oxygens (including phenoxy) is 1. The van der Waals surface area contributed by atoms with E-state index >= 15 is 0 Å². The lowest BCUT2D eigenvalue weighted by Gasteiger charge is -2.26. The highest BCUT2D eigenvalue weighted by Crippen LogP contribution is 2.35. The van der Waals surface area contributed by atoms with Crippen LogP contribution in [0.2, 0.25) is 0 Å². The summed E-state index contributed by atoms with van der Waals surface area (Å²) in [5.74, 6) is 0.559. The first-order chi connectivity index (χ1) is 15.1. The van der Waals surface area contributed by atoms with Gasteiger partial charge in [0.2, 0.25) is 5.65 Å². The maximum absolute atomic E-state index is 13.7. The zero-order chi connectivity index (χ0) is 21.4. The number of rotatable bonds is 4. The van der Waals surface area contributed by atoms with Crippen molar-refractivity contribution in [1.29, 1.82) is 0 Å². The van der Waals surface area contributed by atoms with Crippen molar-refractivity contribution in [3.8, 4) is 5.75 Å². The van der Waals surface area contributed by atoms with Gasteiger partial charge in [-0.05, 0) is 49.8 Å². The van der Waals surface area contributed by atoms with Gasteiger partial charge in [0.25, 0.3) is 0 Å². The predicted octanol–water partition coefficient (Wildman–Crippen LogP) is 2.61. The molecule has 3 aromatic heterocycles. The molecule has 2 N–H and O–H groups in total. The topological polar surface area (TPSA) is 105 Å². The van der Waals surface area contributed by atoms with E-state index in [0.29, 0.717) is 17.9 Å². The fraction of sp³-hybridized carbons (Fsp3) is 0.429. The van der Waals surface area contributed by atoms with Crippen LogP contribution < -0.4 is 15.0 Å². The summed E-state index contributed by atoms with van der Waals surface area (Å²) in [7, 11) is 0. The fourth-order valence-electron chi connectivity index (χ4n) is 4.46. The summed E-state index contributed by atoms with van der Waals surface area (Å²) in [6, 6.07) is 3.01. The molecule has 0 aromatic carbocycles. The van der Waals surface area contributed by atoms with Gasteiger partial charge in [-0.15, -0.1) is 0 Å². The van der Waals surface area contributed by atoms with E-state index in [1.54, 1.807) is 12.4 Å². The minimum absolute atomic E-state index is 0.0300. The number of carbonyl (C=O) groups excluding carboxylic acids is 1. The molecular weight excluding hydrogens is 403 g/mol. The number of hydrogen-bond acceptors (Lipinski definition) is 7. The average Bonchev–Trinajstić information content (AvgIpc) is 3.49. The molecule has 0 radical (unpaired) electrons. The Hall–Kier alpha value is -3.27. The van der Waals surface area contributed by atoms with Crippen LogP contribution in [-0.4, -0.2) is 49.5 Å². The molecule has 31 heavy (non-hydrogen) atoms. The molecule has 5 rings (SSSR count). The predicted molar refractivity (Wildman–Crippen MR) is 109 cm³/mol. The van der Waals surface area contributed by atoms with Crippen LogP contribution in [-0.2, 0) is 0 Å². The molecule has 3 aromatic rings. The van der Waals surface area contributed by atoms with Gasteiger partial charge in [-0.1, -0.05) is 0 Å². The maximum Gasteiger partial charge on any atom is 0.413 e. The standard InChI is InChI=1S/C21H23FN6O3/c22-14-9-13(10-23-11-14)16-4-2-7-27(16)19-6-8-28-20(26-19)18(12-24-28)31-21(30)25-15-3-1-5-17(15)29/h6,8-12,15-17,29H,1-5,7H2,(H,25,30)/t15-,16+,17-/m0/s1. The first kappa shape index (κ1) is 19.7. The van der Waals surface area contributed by atoms with Gasteiger partial charge in [-0.25, -0.2) is 18.7 Å². The minimum atomic E-state index is -0.641. The monoisotopic (exact) mass is 426 g/mol. The van der Waals surface area contributed by atoms with Crippen molar-refractivity contribution in [2.24, 2.45) is 0 Å². The summed E-state index contributed by atoms with van der Waals surface area (Å²) in [6.07, 6.45) is 8.95. The number of nitrogens with one attached hydrogen (secondary N) is 1. The third-order valence-electron chi connectivity index (χ3n) is 5.97. The Bertz CT molecular complexity index is 1110. The van der Waals surface area contributed by atoms with Crippen molar-refractivity contribution in [3.63, 3.8) is 0 Å². The Balaban J connectivity index is 1.38. The molecule has 1 saturated heterocycles. The van der Waals surface area contributed by atoms with E-state index in [-0.39, 0.29) is 23.7 Å². The Morgan fingerprint density at radius 3 is 2.94 bits per heavy atom. The number of carbonyl (C=O) groups is 1. The maximum atomic E-state index is 13.7. The lowest BCUT2D eigenvalue weighted by molar-refractivity contribution is 0.140. The Morgan fingerprint density at radius 2 is 2.13 bits per heavy atom. The van der Waals surface area contributed by atoms with Crippen LogP contribution in [0.3, 0.4) is 0 Å². The third-order valence-corrected chi connectivity index (χ3v) is 5.97. The number of nitrogens with zero attached hydrogens (tertiary/aromatic N) is 5. The highest BCUT2D eigenvalue weighted by molar-refractivity contribution is 5.73. The number of halogens is 1. The molecule has 1 aliphatic heterocycles. The molecule has 1 amide bonds. The molecule has 9 nitrogen and oxygen atoms in total. The number of aromatic nitrogens is 4. The number of anilines is 1. The second-order valence-corrected chi connectivity index (χ2v) is 7.99. The summed E-state index contributed by atoms with van der Waals surface area (Å²) >= 11 is 0. The van der Waals surface area contributed by atoms with Crippen LogP contribution in [0.5, 0.6) is 5.75 Å². The highest BCUT2D eigenvalue weighted by Gasteiger charge is 2.29. The van der Waals surface area contributed by atoms with Crippen LogP contribution in [0.4, 0.5) is 15.0 Å². The first-order valence-corrected chi connectivity index (χ1v) is 10.5. The molecule has 2 aliphatic rings. The number of aliphatic hydroxyl groups is 1. The van der Waals surface area contributed by atoms with Crippen LogP contribution in [0, 0.1) is 5.82 Å². The van der Waals surface area contributed by atoms with Crippen LogP contribution >= 0.6 is 0 Å². The van der Waals surface area contributed by atoms with Crippen LogP contribution in [0.1, 0.15) is 43.7 Å². The van der Waals surface area contributed by atoms with Gasteiger partial charge in [0.15, 0.2) is 5.75 Å². The molecule has 4 heterocycles. The van der Waals surface area contributed by atoms with Gasteiger partial charge in [-0.3, -0.25) is 4.98 Å². The van der Waals surface area contributed by atoms with Crippen LogP contribution in [0.25, 0.3) is 5.65 Å². The van der Waals surface area contributed by atoms with E-state index in [9.17, 15) is 14.3 Å². The first-order valence-electron chi connectivity index (χ1n) is 10.5. The number of aliphatic hydroxyl groups excluding tert-OH is 1. The Labute approximate surface area is 177 Å². The third kappa shape index (κ3) is 3.90. The van der Waals surface area contributed by atoms with E-state index in [1.807, 2.05) is 6.07 Å². The Morgan fingerprint density at radius 1 is 1.23 bits per heavy atom. The van der Waals surface area contributed by atoms with Gasteiger partial charge in [0, 0.05) is 18.9 Å². The number of fused-ring (bicyclic) bond motifs is 1. The zero-order valence-corrected chi connectivity index (χ0v) is 16.8. The van der Waals surface area contributed by atoms with Gasteiger partial charge in [0.1, 0.15) is 11.6 Å². The molecule has 0 unspecified atom stereocenters. The van der Waals surface area contributed by atoms with Gasteiger partial charge in [0.05, 0.1) is 30.6 Å². The molecule has 10 heteroatoms. The highest BCUT2D eigenvalue weighted by atomic mass is 19.1. The minimum Gasteiger partial charge on any atom is -0.405 e. The van der Waals surface area contributed by atoms with Gasteiger partial charge in [-0.2, -0.15) is 5.10 Å². The molecule has 162 valence electrons. The van der Waals surface area contributed by atoms with Gasteiger partial charge < -0.3 is 20.1 Å². The van der Waals surface area contributed by atoms with Crippen LogP contribution in [0.15, 0.2) is 36.9 Å². The molecule has 2 fully saturated rings. The van der Waals surface area contributed by atoms with E-state index in [1.165, 1.54) is 23.0 Å².